The molecule has 0 unspecified atom stereocenters. The highest BCUT2D eigenvalue weighted by Crippen LogP contribution is 2.30. The predicted octanol–water partition coefficient (Wildman–Crippen LogP) is 3.20. The summed E-state index contributed by atoms with van der Waals surface area (Å²) >= 11 is 2.70. The van der Waals surface area contributed by atoms with Crippen LogP contribution in [-0.4, -0.2) is 57.9 Å². The van der Waals surface area contributed by atoms with Gasteiger partial charge in [-0.2, -0.15) is 0 Å². The molecular formula is C22H27N5O6S2. The number of alkyl carbamates (subject to hydrolysis) is 1. The van der Waals surface area contributed by atoms with Crippen LogP contribution in [0.15, 0.2) is 29.6 Å². The number of hydrogen-bond donors (Lipinski definition) is 2. The fourth-order valence-electron chi connectivity index (χ4n) is 3.22. The molecule has 1 aliphatic rings. The lowest BCUT2D eigenvalue weighted by Gasteiger charge is -2.37. The second-order valence-corrected chi connectivity index (χ2v) is 10.7. The molecule has 2 amide bonds. The molecular weight excluding hydrogens is 494 g/mol. The molecule has 1 atom stereocenters. The van der Waals surface area contributed by atoms with E-state index in [1.807, 2.05) is 18.7 Å². The minimum atomic E-state index is -0.657. The van der Waals surface area contributed by atoms with E-state index in [0.717, 1.165) is 18.2 Å². The van der Waals surface area contributed by atoms with E-state index < -0.39 is 11.0 Å². The number of non-ortho nitro benzene ring substituents is 1. The third-order valence-electron chi connectivity index (χ3n) is 5.28. The van der Waals surface area contributed by atoms with E-state index in [1.54, 1.807) is 12.3 Å². The SMILES string of the molecule is CC(=O)SC1CN(c2nc(C(=O)N[C@H](CNC(=O)OCc3ccc([N+](=O)[O-])cc3)C(C)C)cs2)C1. The maximum Gasteiger partial charge on any atom is 0.407 e. The van der Waals surface area contributed by atoms with E-state index in [0.29, 0.717) is 11.3 Å². The van der Waals surface area contributed by atoms with Crippen LogP contribution >= 0.6 is 23.1 Å². The number of ether oxygens (including phenoxy) is 1. The molecule has 35 heavy (non-hydrogen) atoms. The number of nitro groups is 1. The smallest absolute Gasteiger partial charge is 0.407 e. The summed E-state index contributed by atoms with van der Waals surface area (Å²) in [5.41, 5.74) is 0.883. The average molecular weight is 522 g/mol. The van der Waals surface area contributed by atoms with Gasteiger partial charge in [-0.25, -0.2) is 9.78 Å². The molecule has 0 aliphatic carbocycles. The number of rotatable bonds is 10. The van der Waals surface area contributed by atoms with Gasteiger partial charge in [0.15, 0.2) is 10.2 Å². The van der Waals surface area contributed by atoms with Crippen LogP contribution in [0.5, 0.6) is 0 Å². The molecule has 0 radical (unpaired) electrons. The summed E-state index contributed by atoms with van der Waals surface area (Å²) in [5.74, 6) is -0.297. The van der Waals surface area contributed by atoms with Crippen LogP contribution in [-0.2, 0) is 16.1 Å². The molecule has 0 saturated carbocycles. The minimum absolute atomic E-state index is 0.0341. The van der Waals surface area contributed by atoms with E-state index in [-0.39, 0.29) is 47.1 Å². The number of nitrogens with zero attached hydrogens (tertiary/aromatic N) is 3. The van der Waals surface area contributed by atoms with E-state index in [2.05, 4.69) is 15.6 Å². The Bertz CT molecular complexity index is 1070. The molecule has 3 rings (SSSR count). The molecule has 2 N–H and O–H groups in total. The van der Waals surface area contributed by atoms with E-state index in [9.17, 15) is 24.5 Å². The molecule has 1 saturated heterocycles. The van der Waals surface area contributed by atoms with Crippen molar-refractivity contribution >= 4 is 51.0 Å². The predicted molar refractivity (Wildman–Crippen MR) is 134 cm³/mol. The third-order valence-corrected chi connectivity index (χ3v) is 7.15. The van der Waals surface area contributed by atoms with Gasteiger partial charge in [-0.15, -0.1) is 11.3 Å². The highest BCUT2D eigenvalue weighted by molar-refractivity contribution is 8.14. The van der Waals surface area contributed by atoms with Crippen molar-refractivity contribution in [3.05, 3.63) is 51.0 Å². The van der Waals surface area contributed by atoms with Crippen molar-refractivity contribution in [2.24, 2.45) is 5.92 Å². The highest BCUT2D eigenvalue weighted by atomic mass is 32.2. The lowest BCUT2D eigenvalue weighted by Crippen LogP contribution is -2.49. The Labute approximate surface area is 210 Å². The summed E-state index contributed by atoms with van der Waals surface area (Å²) in [4.78, 5) is 52.7. The number of amides is 2. The Morgan fingerprint density at radius 1 is 1.29 bits per heavy atom. The van der Waals surface area contributed by atoms with Gasteiger partial charge in [0, 0.05) is 55.4 Å². The summed E-state index contributed by atoms with van der Waals surface area (Å²) < 4.78 is 5.16. The number of nitrogens with one attached hydrogen (secondary N) is 2. The van der Waals surface area contributed by atoms with Crippen molar-refractivity contribution in [3.63, 3.8) is 0 Å². The molecule has 11 nitrogen and oxygen atoms in total. The molecule has 2 heterocycles. The zero-order valence-corrected chi connectivity index (χ0v) is 21.2. The number of nitro benzene ring substituents is 1. The van der Waals surface area contributed by atoms with Gasteiger partial charge in [0.2, 0.25) is 0 Å². The third kappa shape index (κ3) is 7.65. The van der Waals surface area contributed by atoms with Gasteiger partial charge < -0.3 is 20.3 Å². The Morgan fingerprint density at radius 3 is 2.57 bits per heavy atom. The second-order valence-electron chi connectivity index (χ2n) is 8.36. The molecule has 1 aromatic carbocycles. The number of hydrogen-bond acceptors (Lipinski definition) is 10. The Kier molecular flexibility index (Phi) is 9.04. The number of anilines is 1. The zero-order valence-electron chi connectivity index (χ0n) is 19.6. The van der Waals surface area contributed by atoms with Gasteiger partial charge in [0.05, 0.1) is 4.92 Å². The first-order chi connectivity index (χ1) is 16.6. The summed E-state index contributed by atoms with van der Waals surface area (Å²) in [6, 6.07) is 5.38. The van der Waals surface area contributed by atoms with Crippen molar-refractivity contribution in [1.82, 2.24) is 15.6 Å². The van der Waals surface area contributed by atoms with Crippen LogP contribution in [0.25, 0.3) is 0 Å². The van der Waals surface area contributed by atoms with E-state index in [1.165, 1.54) is 47.4 Å². The first kappa shape index (κ1) is 26.4. The van der Waals surface area contributed by atoms with Crippen molar-refractivity contribution in [1.29, 1.82) is 0 Å². The fourth-order valence-corrected chi connectivity index (χ4v) is 5.02. The summed E-state index contributed by atoms with van der Waals surface area (Å²) in [6.07, 6.45) is -0.657. The van der Waals surface area contributed by atoms with Gasteiger partial charge in [0.1, 0.15) is 12.3 Å². The molecule has 0 bridgehead atoms. The Morgan fingerprint density at radius 2 is 1.97 bits per heavy atom. The Hall–Kier alpha value is -3.19. The van der Waals surface area contributed by atoms with Crippen LogP contribution in [0.2, 0.25) is 0 Å². The molecule has 2 aromatic rings. The molecule has 1 fully saturated rings. The molecule has 188 valence electrons. The van der Waals surface area contributed by atoms with Crippen molar-refractivity contribution in [2.75, 3.05) is 24.5 Å². The van der Waals surface area contributed by atoms with Gasteiger partial charge in [-0.1, -0.05) is 25.6 Å². The first-order valence-electron chi connectivity index (χ1n) is 10.9. The largest absolute Gasteiger partial charge is 0.445 e. The Balaban J connectivity index is 1.44. The van der Waals surface area contributed by atoms with E-state index >= 15 is 0 Å². The van der Waals surface area contributed by atoms with E-state index in [4.69, 9.17) is 4.74 Å². The fraction of sp³-hybridized carbons (Fsp3) is 0.455. The number of carbonyl (C=O) groups is 3. The number of benzene rings is 1. The zero-order chi connectivity index (χ0) is 25.5. The molecule has 13 heteroatoms. The van der Waals surface area contributed by atoms with Crippen LogP contribution in [0.4, 0.5) is 15.6 Å². The van der Waals surface area contributed by atoms with Crippen LogP contribution in [0.3, 0.4) is 0 Å². The monoisotopic (exact) mass is 521 g/mol. The lowest BCUT2D eigenvalue weighted by atomic mass is 10.0. The van der Waals surface area contributed by atoms with Gasteiger partial charge in [-0.05, 0) is 23.6 Å². The summed E-state index contributed by atoms with van der Waals surface area (Å²) in [5, 5.41) is 19.0. The molecule has 1 aliphatic heterocycles. The number of aromatic nitrogens is 1. The quantitative estimate of drug-likeness (QED) is 0.356. The molecule has 0 spiro atoms. The maximum atomic E-state index is 12.7. The summed E-state index contributed by atoms with van der Waals surface area (Å²) in [6.45, 7) is 6.97. The first-order valence-corrected chi connectivity index (χ1v) is 12.7. The second kappa shape index (κ2) is 12.0. The van der Waals surface area contributed by atoms with Crippen LogP contribution < -0.4 is 15.5 Å². The average Bonchev–Trinajstić information content (AvgIpc) is 3.26. The van der Waals surface area contributed by atoms with Gasteiger partial charge in [0.25, 0.3) is 11.6 Å². The highest BCUT2D eigenvalue weighted by Gasteiger charge is 2.31. The van der Waals surface area contributed by atoms with Crippen LogP contribution in [0.1, 0.15) is 36.8 Å². The number of thioether (sulfide) groups is 1. The summed E-state index contributed by atoms with van der Waals surface area (Å²) in [7, 11) is 0. The number of thiazole rings is 1. The van der Waals surface area contributed by atoms with Gasteiger partial charge in [-0.3, -0.25) is 19.7 Å². The van der Waals surface area contributed by atoms with Crippen molar-refractivity contribution < 1.29 is 24.0 Å². The normalized spacial score (nSPS) is 14.2. The van der Waals surface area contributed by atoms with Crippen molar-refractivity contribution in [3.8, 4) is 0 Å². The maximum absolute atomic E-state index is 12.7. The van der Waals surface area contributed by atoms with Gasteiger partial charge >= 0.3 is 6.09 Å². The lowest BCUT2D eigenvalue weighted by molar-refractivity contribution is -0.384. The topological polar surface area (TPSA) is 144 Å². The van der Waals surface area contributed by atoms with Crippen LogP contribution in [0, 0.1) is 16.0 Å². The number of carbonyl (C=O) groups excluding carboxylic acids is 3. The molecule has 1 aromatic heterocycles. The standard InChI is InChI=1S/C22H27N5O6S2/c1-13(2)18(8-23-22(30)33-11-15-4-6-16(7-5-15)27(31)32)24-20(29)19-12-34-21(25-19)26-9-17(10-26)35-14(3)28/h4-7,12-13,17-18H,8-11H2,1-3H3,(H,23,30)(H,24,29)/t18-/m1/s1. The van der Waals surface area contributed by atoms with Crippen molar-refractivity contribution in [2.45, 2.75) is 38.7 Å². The minimum Gasteiger partial charge on any atom is -0.445 e.